The minimum absolute atomic E-state index is 0.0786. The van der Waals surface area contributed by atoms with Crippen LogP contribution in [0.25, 0.3) is 6.08 Å². The molecule has 0 aliphatic heterocycles. The highest BCUT2D eigenvalue weighted by molar-refractivity contribution is 8.45. The van der Waals surface area contributed by atoms with Gasteiger partial charge < -0.3 is 10.4 Å². The molecule has 0 heterocycles. The van der Waals surface area contributed by atoms with E-state index in [0.29, 0.717) is 0 Å². The quantitative estimate of drug-likeness (QED) is 0.610. The third-order valence-electron chi connectivity index (χ3n) is 3.22. The van der Waals surface area contributed by atoms with Crippen molar-refractivity contribution in [3.8, 4) is 5.75 Å². The number of carbonyl (C=O) groups excluding carboxylic acids is 1. The number of aromatic hydroxyl groups is 1. The van der Waals surface area contributed by atoms with Gasteiger partial charge in [-0.25, -0.2) is 0 Å². The standard InChI is InChI=1S/C16H14F5NO2S/c1-2-4-13-14(5-3-6-15(13)23)16(24)22-11-7-9-12(10-8-11)25(17,18,19,20)21/h2-10,23H,1H3,(H,22,24). The molecule has 0 radical (unpaired) electrons. The summed E-state index contributed by atoms with van der Waals surface area (Å²) in [4.78, 5) is 10.2. The van der Waals surface area contributed by atoms with Crippen LogP contribution in [0.3, 0.4) is 0 Å². The SMILES string of the molecule is CC=Cc1c(O)cccc1C(=O)Nc1ccc(S(F)(F)(F)(F)F)cc1. The maximum absolute atomic E-state index is 12.7. The first-order valence-corrected chi connectivity index (χ1v) is 8.87. The second-order valence-corrected chi connectivity index (χ2v) is 7.60. The Labute approximate surface area is 140 Å². The zero-order valence-electron chi connectivity index (χ0n) is 12.8. The number of anilines is 1. The van der Waals surface area contributed by atoms with Crippen molar-refractivity contribution in [1.29, 1.82) is 0 Å². The van der Waals surface area contributed by atoms with Gasteiger partial charge in [-0.3, -0.25) is 4.79 Å². The first kappa shape index (κ1) is 18.8. The third-order valence-corrected chi connectivity index (χ3v) is 4.38. The molecule has 2 N–H and O–H groups in total. The van der Waals surface area contributed by atoms with Crippen LogP contribution in [-0.2, 0) is 0 Å². The van der Waals surface area contributed by atoms with Gasteiger partial charge in [0.05, 0.1) is 5.56 Å². The van der Waals surface area contributed by atoms with Crippen LogP contribution < -0.4 is 5.32 Å². The van der Waals surface area contributed by atoms with E-state index in [1.54, 1.807) is 13.0 Å². The summed E-state index contributed by atoms with van der Waals surface area (Å²) >= 11 is 0. The lowest BCUT2D eigenvalue weighted by Crippen LogP contribution is -2.13. The Bertz CT molecular complexity index is 846. The van der Waals surface area contributed by atoms with E-state index in [1.165, 1.54) is 24.3 Å². The Balaban J connectivity index is 2.30. The normalized spacial score (nSPS) is 14.8. The average Bonchev–Trinajstić information content (AvgIpc) is 2.47. The van der Waals surface area contributed by atoms with Crippen LogP contribution in [0.15, 0.2) is 53.4 Å². The molecule has 1 amide bonds. The van der Waals surface area contributed by atoms with Crippen molar-refractivity contribution in [2.45, 2.75) is 11.8 Å². The van der Waals surface area contributed by atoms with Crippen molar-refractivity contribution in [3.05, 3.63) is 59.7 Å². The summed E-state index contributed by atoms with van der Waals surface area (Å²) in [5, 5.41) is 12.1. The molecule has 0 aromatic heterocycles. The smallest absolute Gasteiger partial charge is 0.310 e. The van der Waals surface area contributed by atoms with Gasteiger partial charge in [0.15, 0.2) is 0 Å². The number of phenols is 1. The number of allylic oxidation sites excluding steroid dienone is 1. The molecule has 0 aliphatic rings. The van der Waals surface area contributed by atoms with Gasteiger partial charge in [0.1, 0.15) is 10.6 Å². The van der Waals surface area contributed by atoms with E-state index in [1.807, 2.05) is 0 Å². The molecule has 0 aliphatic carbocycles. The number of amides is 1. The summed E-state index contributed by atoms with van der Waals surface area (Å²) in [5.41, 5.74) is 0.214. The Morgan fingerprint density at radius 2 is 1.64 bits per heavy atom. The van der Waals surface area contributed by atoms with Crippen LogP contribution in [0.1, 0.15) is 22.8 Å². The summed E-state index contributed by atoms with van der Waals surface area (Å²) in [5.74, 6) is -0.855. The van der Waals surface area contributed by atoms with Gasteiger partial charge in [-0.05, 0) is 43.3 Å². The maximum Gasteiger partial charge on any atom is 0.310 e. The molecule has 0 atom stereocenters. The van der Waals surface area contributed by atoms with Crippen LogP contribution >= 0.6 is 10.2 Å². The molecular weight excluding hydrogens is 365 g/mol. The van der Waals surface area contributed by atoms with E-state index in [0.717, 1.165) is 12.1 Å². The van der Waals surface area contributed by atoms with Gasteiger partial charge in [0, 0.05) is 11.3 Å². The topological polar surface area (TPSA) is 49.3 Å². The van der Waals surface area contributed by atoms with Crippen molar-refractivity contribution in [2.24, 2.45) is 0 Å². The molecule has 0 saturated carbocycles. The first-order valence-electron chi connectivity index (χ1n) is 6.92. The molecule has 2 rings (SSSR count). The summed E-state index contributed by atoms with van der Waals surface area (Å²) in [7, 11) is -9.75. The monoisotopic (exact) mass is 379 g/mol. The van der Waals surface area contributed by atoms with E-state index in [2.05, 4.69) is 5.32 Å². The molecular formula is C16H14F5NO2S. The summed E-state index contributed by atoms with van der Waals surface area (Å²) in [6, 6.07) is 6.11. The average molecular weight is 379 g/mol. The van der Waals surface area contributed by atoms with Gasteiger partial charge in [-0.15, -0.1) is 0 Å². The Kier molecular flexibility index (Phi) is 4.12. The molecule has 136 valence electrons. The molecule has 0 saturated heterocycles. The second kappa shape index (κ2) is 5.48. The van der Waals surface area contributed by atoms with E-state index in [-0.39, 0.29) is 34.7 Å². The molecule has 0 spiro atoms. The molecule has 25 heavy (non-hydrogen) atoms. The maximum atomic E-state index is 12.7. The second-order valence-electron chi connectivity index (χ2n) is 5.19. The Morgan fingerprint density at radius 3 is 2.16 bits per heavy atom. The highest BCUT2D eigenvalue weighted by Crippen LogP contribution is 3.02. The number of carbonyl (C=O) groups is 1. The lowest BCUT2D eigenvalue weighted by Gasteiger charge is -2.40. The first-order chi connectivity index (χ1) is 11.3. The van der Waals surface area contributed by atoms with E-state index >= 15 is 0 Å². The van der Waals surface area contributed by atoms with Crippen molar-refractivity contribution < 1.29 is 29.3 Å². The van der Waals surface area contributed by atoms with Crippen molar-refractivity contribution in [3.63, 3.8) is 0 Å². The fourth-order valence-electron chi connectivity index (χ4n) is 2.09. The van der Waals surface area contributed by atoms with Crippen molar-refractivity contribution in [1.82, 2.24) is 0 Å². The molecule has 0 unspecified atom stereocenters. The minimum Gasteiger partial charge on any atom is -0.507 e. The number of rotatable bonds is 4. The number of nitrogens with one attached hydrogen (secondary N) is 1. The summed E-state index contributed by atoms with van der Waals surface area (Å²) < 4.78 is 63.3. The van der Waals surface area contributed by atoms with E-state index in [9.17, 15) is 29.3 Å². The lowest BCUT2D eigenvalue weighted by atomic mass is 10.0. The van der Waals surface area contributed by atoms with E-state index in [4.69, 9.17) is 0 Å². The number of hydrogen-bond donors (Lipinski definition) is 2. The zero-order valence-corrected chi connectivity index (χ0v) is 13.7. The molecule has 2 aromatic carbocycles. The van der Waals surface area contributed by atoms with Gasteiger partial charge >= 0.3 is 10.2 Å². The third kappa shape index (κ3) is 4.50. The van der Waals surface area contributed by atoms with Gasteiger partial charge in [0.25, 0.3) is 5.91 Å². The molecule has 3 nitrogen and oxygen atoms in total. The predicted octanol–water partition coefficient (Wildman–Crippen LogP) is 6.34. The number of hydrogen-bond acceptors (Lipinski definition) is 2. The van der Waals surface area contributed by atoms with Crippen molar-refractivity contribution in [2.75, 3.05) is 5.32 Å². The van der Waals surface area contributed by atoms with Crippen LogP contribution in [0.4, 0.5) is 25.1 Å². The fraction of sp³-hybridized carbons (Fsp3) is 0.0625. The Morgan fingerprint density at radius 1 is 1.04 bits per heavy atom. The highest BCUT2D eigenvalue weighted by Gasteiger charge is 2.65. The van der Waals surface area contributed by atoms with E-state index < -0.39 is 21.0 Å². The number of phenolic OH excluding ortho intramolecular Hbond substituents is 1. The number of halogens is 5. The van der Waals surface area contributed by atoms with Gasteiger partial charge in [0.2, 0.25) is 0 Å². The Hall–Kier alpha value is -2.55. The number of benzene rings is 2. The molecule has 0 fully saturated rings. The van der Waals surface area contributed by atoms with Crippen LogP contribution in [-0.4, -0.2) is 11.0 Å². The summed E-state index contributed by atoms with van der Waals surface area (Å²) in [6.07, 6.45) is 3.08. The molecule has 0 bridgehead atoms. The highest BCUT2D eigenvalue weighted by atomic mass is 32.5. The van der Waals surface area contributed by atoms with Gasteiger partial charge in [-0.1, -0.05) is 37.6 Å². The zero-order chi connectivity index (χ0) is 18.9. The van der Waals surface area contributed by atoms with Crippen LogP contribution in [0.5, 0.6) is 5.75 Å². The molecule has 9 heteroatoms. The summed E-state index contributed by atoms with van der Waals surface area (Å²) in [6.45, 7) is 1.67. The lowest BCUT2D eigenvalue weighted by molar-refractivity contribution is 0.102. The van der Waals surface area contributed by atoms with Gasteiger partial charge in [-0.2, -0.15) is 0 Å². The fourth-order valence-corrected chi connectivity index (χ4v) is 2.74. The minimum atomic E-state index is -9.75. The van der Waals surface area contributed by atoms with Crippen LogP contribution in [0, 0.1) is 0 Å². The predicted molar refractivity (Wildman–Crippen MR) is 88.6 cm³/mol. The van der Waals surface area contributed by atoms with Crippen molar-refractivity contribution >= 4 is 27.9 Å². The largest absolute Gasteiger partial charge is 0.507 e. The molecule has 2 aromatic rings. The van der Waals surface area contributed by atoms with Crippen LogP contribution in [0.2, 0.25) is 0 Å².